The van der Waals surface area contributed by atoms with Gasteiger partial charge in [-0.3, -0.25) is 14.3 Å². The topological polar surface area (TPSA) is 85.8 Å². The fourth-order valence-electron chi connectivity index (χ4n) is 2.15. The largest absolute Gasteiger partial charge is 0.461 e. The molecule has 1 amide bonds. The van der Waals surface area contributed by atoms with Crippen LogP contribution in [0.2, 0.25) is 0 Å². The van der Waals surface area contributed by atoms with Crippen molar-refractivity contribution in [3.05, 3.63) is 48.5 Å². The molecular weight excluding hydrogens is 326 g/mol. The van der Waals surface area contributed by atoms with Gasteiger partial charge in [-0.05, 0) is 30.7 Å². The molecular formula is C16H17N5O2S. The number of nitrogens with zero attached hydrogens (tertiary/aromatic N) is 4. The summed E-state index contributed by atoms with van der Waals surface area (Å²) in [7, 11) is 0. The molecule has 0 aromatic carbocycles. The molecule has 3 heterocycles. The fraction of sp³-hybridized carbons (Fsp3) is 0.250. The Morgan fingerprint density at radius 1 is 1.33 bits per heavy atom. The van der Waals surface area contributed by atoms with E-state index >= 15 is 0 Å². The molecule has 0 atom stereocenters. The van der Waals surface area contributed by atoms with E-state index in [4.69, 9.17) is 4.42 Å². The van der Waals surface area contributed by atoms with Gasteiger partial charge in [-0.1, -0.05) is 17.8 Å². The van der Waals surface area contributed by atoms with E-state index < -0.39 is 0 Å². The van der Waals surface area contributed by atoms with Gasteiger partial charge in [0.15, 0.2) is 16.7 Å². The first kappa shape index (κ1) is 16.3. The Labute approximate surface area is 143 Å². The highest BCUT2D eigenvalue weighted by Gasteiger charge is 2.16. The van der Waals surface area contributed by atoms with Crippen LogP contribution in [0, 0.1) is 0 Å². The van der Waals surface area contributed by atoms with Crippen molar-refractivity contribution < 1.29 is 9.21 Å². The number of pyridine rings is 1. The number of rotatable bonds is 7. The molecule has 1 N–H and O–H groups in total. The molecule has 0 unspecified atom stereocenters. The first-order valence-electron chi connectivity index (χ1n) is 7.53. The highest BCUT2D eigenvalue weighted by molar-refractivity contribution is 7.99. The van der Waals surface area contributed by atoms with Crippen LogP contribution < -0.4 is 5.32 Å². The minimum atomic E-state index is -0.0611. The van der Waals surface area contributed by atoms with Crippen molar-refractivity contribution in [1.82, 2.24) is 25.1 Å². The van der Waals surface area contributed by atoms with Gasteiger partial charge in [-0.2, -0.15) is 0 Å². The number of furan rings is 1. The predicted molar refractivity (Wildman–Crippen MR) is 90.2 cm³/mol. The summed E-state index contributed by atoms with van der Waals surface area (Å²) in [6, 6.07) is 7.41. The van der Waals surface area contributed by atoms with Crippen LogP contribution in [0.25, 0.3) is 11.6 Å². The third kappa shape index (κ3) is 3.83. The lowest BCUT2D eigenvalue weighted by Crippen LogP contribution is -2.24. The van der Waals surface area contributed by atoms with E-state index in [1.165, 1.54) is 11.8 Å². The molecule has 0 bridgehead atoms. The summed E-state index contributed by atoms with van der Waals surface area (Å²) in [6.45, 7) is 3.16. The summed E-state index contributed by atoms with van der Waals surface area (Å²) < 4.78 is 7.30. The molecule has 8 heteroatoms. The highest BCUT2D eigenvalue weighted by atomic mass is 32.2. The van der Waals surface area contributed by atoms with Gasteiger partial charge in [0.2, 0.25) is 5.91 Å². The molecule has 24 heavy (non-hydrogen) atoms. The first-order chi connectivity index (χ1) is 11.8. The van der Waals surface area contributed by atoms with Crippen LogP contribution in [0.3, 0.4) is 0 Å². The zero-order valence-electron chi connectivity index (χ0n) is 13.2. The fourth-order valence-corrected chi connectivity index (χ4v) is 2.99. The van der Waals surface area contributed by atoms with Crippen molar-refractivity contribution in [3.63, 3.8) is 0 Å². The molecule has 0 saturated heterocycles. The lowest BCUT2D eigenvalue weighted by Gasteiger charge is -2.06. The third-order valence-corrected chi connectivity index (χ3v) is 4.29. The average Bonchev–Trinajstić information content (AvgIpc) is 3.27. The molecule has 0 radical (unpaired) electrons. The Morgan fingerprint density at radius 3 is 2.96 bits per heavy atom. The molecule has 0 spiro atoms. The van der Waals surface area contributed by atoms with Crippen molar-refractivity contribution in [2.45, 2.75) is 25.2 Å². The molecule has 0 fully saturated rings. The lowest BCUT2D eigenvalue weighted by molar-refractivity contribution is -0.118. The van der Waals surface area contributed by atoms with E-state index in [2.05, 4.69) is 20.5 Å². The molecule has 7 nitrogen and oxygen atoms in total. The average molecular weight is 343 g/mol. The van der Waals surface area contributed by atoms with Gasteiger partial charge in [0, 0.05) is 25.5 Å². The zero-order chi connectivity index (χ0) is 16.8. The van der Waals surface area contributed by atoms with Crippen LogP contribution >= 0.6 is 11.8 Å². The Bertz CT molecular complexity index is 786. The maximum Gasteiger partial charge on any atom is 0.230 e. The van der Waals surface area contributed by atoms with Gasteiger partial charge in [0.25, 0.3) is 0 Å². The van der Waals surface area contributed by atoms with Crippen molar-refractivity contribution in [2.24, 2.45) is 0 Å². The second-order valence-electron chi connectivity index (χ2n) is 4.95. The first-order valence-corrected chi connectivity index (χ1v) is 8.52. The van der Waals surface area contributed by atoms with E-state index in [0.29, 0.717) is 29.8 Å². The normalized spacial score (nSPS) is 10.7. The lowest BCUT2D eigenvalue weighted by atomic mass is 10.3. The van der Waals surface area contributed by atoms with Crippen LogP contribution in [0.4, 0.5) is 0 Å². The molecule has 0 saturated carbocycles. The van der Waals surface area contributed by atoms with Crippen LogP contribution in [0.15, 0.2) is 52.5 Å². The van der Waals surface area contributed by atoms with E-state index in [-0.39, 0.29) is 11.7 Å². The second kappa shape index (κ2) is 7.78. The van der Waals surface area contributed by atoms with Gasteiger partial charge < -0.3 is 9.73 Å². The molecule has 0 aliphatic heterocycles. The van der Waals surface area contributed by atoms with E-state index in [1.807, 2.05) is 35.8 Å². The summed E-state index contributed by atoms with van der Waals surface area (Å²) in [5, 5.41) is 11.9. The van der Waals surface area contributed by atoms with Gasteiger partial charge >= 0.3 is 0 Å². The smallest absolute Gasteiger partial charge is 0.230 e. The second-order valence-corrected chi connectivity index (χ2v) is 5.90. The van der Waals surface area contributed by atoms with Crippen molar-refractivity contribution in [2.75, 3.05) is 5.75 Å². The molecule has 0 aliphatic rings. The summed E-state index contributed by atoms with van der Waals surface area (Å²) in [5.41, 5.74) is 0.965. The van der Waals surface area contributed by atoms with Crippen LogP contribution in [0.5, 0.6) is 0 Å². The Hall–Kier alpha value is -2.61. The zero-order valence-corrected chi connectivity index (χ0v) is 14.0. The standard InChI is InChI=1S/C16H17N5O2S/c1-2-21-15(13-6-4-8-23-13)19-20-16(21)24-11-14(22)18-10-12-5-3-7-17-9-12/h3-9H,2,10-11H2,1H3,(H,18,22). The number of hydrogen-bond acceptors (Lipinski definition) is 6. The van der Waals surface area contributed by atoms with Gasteiger partial charge in [0.05, 0.1) is 12.0 Å². The van der Waals surface area contributed by atoms with Crippen molar-refractivity contribution in [1.29, 1.82) is 0 Å². The number of nitrogens with one attached hydrogen (secondary N) is 1. The van der Waals surface area contributed by atoms with Gasteiger partial charge in [-0.25, -0.2) is 0 Å². The quantitative estimate of drug-likeness (QED) is 0.663. The maximum atomic E-state index is 12.0. The van der Waals surface area contributed by atoms with E-state index in [0.717, 1.165) is 5.56 Å². The van der Waals surface area contributed by atoms with Crippen molar-refractivity contribution in [3.8, 4) is 11.6 Å². The Kier molecular flexibility index (Phi) is 5.27. The predicted octanol–water partition coefficient (Wildman–Crippen LogP) is 2.36. The number of carbonyl (C=O) groups is 1. The molecule has 3 rings (SSSR count). The summed E-state index contributed by atoms with van der Waals surface area (Å²) in [6.07, 6.45) is 5.04. The van der Waals surface area contributed by atoms with Crippen LogP contribution in [0.1, 0.15) is 12.5 Å². The third-order valence-electron chi connectivity index (χ3n) is 3.32. The molecule has 0 aliphatic carbocycles. The number of hydrogen-bond donors (Lipinski definition) is 1. The minimum Gasteiger partial charge on any atom is -0.461 e. The van der Waals surface area contributed by atoms with Crippen LogP contribution in [-0.4, -0.2) is 31.4 Å². The molecule has 3 aromatic heterocycles. The summed E-state index contributed by atoms with van der Waals surface area (Å²) >= 11 is 1.35. The van der Waals surface area contributed by atoms with Gasteiger partial charge in [0.1, 0.15) is 0 Å². The SMILES string of the molecule is CCn1c(SCC(=O)NCc2cccnc2)nnc1-c1ccco1. The molecule has 124 valence electrons. The highest BCUT2D eigenvalue weighted by Crippen LogP contribution is 2.24. The number of carbonyl (C=O) groups excluding carboxylic acids is 1. The van der Waals surface area contributed by atoms with Gasteiger partial charge in [-0.15, -0.1) is 10.2 Å². The monoisotopic (exact) mass is 343 g/mol. The van der Waals surface area contributed by atoms with E-state index in [9.17, 15) is 4.79 Å². The Balaban J connectivity index is 1.57. The number of amides is 1. The molecule has 3 aromatic rings. The number of thioether (sulfide) groups is 1. The summed E-state index contributed by atoms with van der Waals surface area (Å²) in [5.74, 6) is 1.54. The van der Waals surface area contributed by atoms with E-state index in [1.54, 1.807) is 18.7 Å². The van der Waals surface area contributed by atoms with Crippen LogP contribution in [-0.2, 0) is 17.9 Å². The minimum absolute atomic E-state index is 0.0611. The van der Waals surface area contributed by atoms with Crippen molar-refractivity contribution >= 4 is 17.7 Å². The number of aromatic nitrogens is 4. The summed E-state index contributed by atoms with van der Waals surface area (Å²) in [4.78, 5) is 16.0. The Morgan fingerprint density at radius 2 is 2.25 bits per heavy atom. The maximum absolute atomic E-state index is 12.0.